The first-order valence-electron chi connectivity index (χ1n) is 5.40. The van der Waals surface area contributed by atoms with Gasteiger partial charge in [-0.05, 0) is 25.0 Å². The minimum absolute atomic E-state index is 0.0973. The molecule has 0 aliphatic carbocycles. The quantitative estimate of drug-likeness (QED) is 0.848. The van der Waals surface area contributed by atoms with Gasteiger partial charge in [0, 0.05) is 6.61 Å². The lowest BCUT2D eigenvalue weighted by molar-refractivity contribution is 0.238. The molecule has 2 rings (SSSR count). The molecular weight excluding hydrogens is 220 g/mol. The second-order valence-corrected chi connectivity index (χ2v) is 3.61. The molecule has 0 amide bonds. The number of benzene rings is 1. The van der Waals surface area contributed by atoms with Crippen LogP contribution >= 0.6 is 0 Å². The second kappa shape index (κ2) is 5.45. The van der Waals surface area contributed by atoms with E-state index in [0.717, 1.165) is 11.3 Å². The van der Waals surface area contributed by atoms with Crippen LogP contribution in [0.3, 0.4) is 0 Å². The Bertz CT molecular complexity index is 482. The summed E-state index contributed by atoms with van der Waals surface area (Å²) >= 11 is 0. The van der Waals surface area contributed by atoms with Crippen molar-refractivity contribution in [2.24, 2.45) is 0 Å². The molecule has 5 nitrogen and oxygen atoms in total. The van der Waals surface area contributed by atoms with Gasteiger partial charge in [0.2, 0.25) is 0 Å². The molecule has 1 N–H and O–H groups in total. The standard InChI is InChI=1S/C12H14N2O3/c1-9-13-12(17-14-9)8-16-11-5-3-2-4-10(11)6-7-15/h2-5,15H,6-8H2,1H3. The fraction of sp³-hybridized carbons (Fsp3) is 0.333. The molecule has 0 atom stereocenters. The van der Waals surface area contributed by atoms with Crippen LogP contribution < -0.4 is 4.74 Å². The molecule has 0 aliphatic heterocycles. The maximum absolute atomic E-state index is 8.94. The Morgan fingerprint density at radius 3 is 2.88 bits per heavy atom. The first-order chi connectivity index (χ1) is 8.29. The van der Waals surface area contributed by atoms with Crippen molar-refractivity contribution in [1.82, 2.24) is 10.1 Å². The van der Waals surface area contributed by atoms with E-state index < -0.39 is 0 Å². The zero-order valence-corrected chi connectivity index (χ0v) is 9.59. The van der Waals surface area contributed by atoms with Crippen LogP contribution in [-0.2, 0) is 13.0 Å². The molecule has 17 heavy (non-hydrogen) atoms. The summed E-state index contributed by atoms with van der Waals surface area (Å²) < 4.78 is 10.5. The van der Waals surface area contributed by atoms with Crippen molar-refractivity contribution in [2.45, 2.75) is 20.0 Å². The molecule has 0 radical (unpaired) electrons. The number of aliphatic hydroxyl groups is 1. The Morgan fingerprint density at radius 2 is 2.18 bits per heavy atom. The lowest BCUT2D eigenvalue weighted by atomic mass is 10.1. The van der Waals surface area contributed by atoms with Crippen LogP contribution in [0.25, 0.3) is 0 Å². The van der Waals surface area contributed by atoms with E-state index in [2.05, 4.69) is 10.1 Å². The molecule has 0 unspecified atom stereocenters. The van der Waals surface area contributed by atoms with Crippen molar-refractivity contribution in [3.8, 4) is 5.75 Å². The molecule has 0 saturated carbocycles. The number of hydrogen-bond acceptors (Lipinski definition) is 5. The fourth-order valence-corrected chi connectivity index (χ4v) is 1.51. The average Bonchev–Trinajstić information content (AvgIpc) is 2.74. The van der Waals surface area contributed by atoms with Gasteiger partial charge in [0.15, 0.2) is 12.4 Å². The third-order valence-corrected chi connectivity index (χ3v) is 2.27. The summed E-state index contributed by atoms with van der Waals surface area (Å²) in [7, 11) is 0. The van der Waals surface area contributed by atoms with Crippen LogP contribution in [0.2, 0.25) is 0 Å². The summed E-state index contributed by atoms with van der Waals surface area (Å²) in [6.45, 7) is 2.09. The molecule has 2 aromatic rings. The molecular formula is C12H14N2O3. The van der Waals surface area contributed by atoms with Crippen LogP contribution in [0, 0.1) is 6.92 Å². The number of aryl methyl sites for hydroxylation is 1. The van der Waals surface area contributed by atoms with E-state index in [9.17, 15) is 0 Å². The maximum Gasteiger partial charge on any atom is 0.264 e. The van der Waals surface area contributed by atoms with E-state index in [-0.39, 0.29) is 13.2 Å². The van der Waals surface area contributed by atoms with Crippen LogP contribution in [-0.4, -0.2) is 21.9 Å². The van der Waals surface area contributed by atoms with Crippen molar-refractivity contribution in [3.05, 3.63) is 41.5 Å². The van der Waals surface area contributed by atoms with Gasteiger partial charge in [-0.3, -0.25) is 0 Å². The number of aromatic nitrogens is 2. The van der Waals surface area contributed by atoms with Gasteiger partial charge in [-0.25, -0.2) is 0 Å². The zero-order valence-electron chi connectivity index (χ0n) is 9.59. The average molecular weight is 234 g/mol. The zero-order chi connectivity index (χ0) is 12.1. The van der Waals surface area contributed by atoms with Crippen LogP contribution in [0.15, 0.2) is 28.8 Å². The molecule has 1 heterocycles. The Hall–Kier alpha value is -1.88. The normalized spacial score (nSPS) is 10.5. The molecule has 1 aromatic carbocycles. The lowest BCUT2D eigenvalue weighted by Gasteiger charge is -2.08. The number of rotatable bonds is 5. The Kier molecular flexibility index (Phi) is 3.72. The topological polar surface area (TPSA) is 68.4 Å². The molecule has 0 fully saturated rings. The maximum atomic E-state index is 8.94. The van der Waals surface area contributed by atoms with E-state index in [1.807, 2.05) is 24.3 Å². The summed E-state index contributed by atoms with van der Waals surface area (Å²) in [6.07, 6.45) is 0.568. The number of ether oxygens (including phenoxy) is 1. The smallest absolute Gasteiger partial charge is 0.264 e. The van der Waals surface area contributed by atoms with Gasteiger partial charge in [0.25, 0.3) is 5.89 Å². The number of nitrogens with zero attached hydrogens (tertiary/aromatic N) is 2. The first-order valence-corrected chi connectivity index (χ1v) is 5.40. The summed E-state index contributed by atoms with van der Waals surface area (Å²) in [5.74, 6) is 1.77. The summed E-state index contributed by atoms with van der Waals surface area (Å²) in [5.41, 5.74) is 0.964. The van der Waals surface area contributed by atoms with Crippen molar-refractivity contribution < 1.29 is 14.4 Å². The van der Waals surface area contributed by atoms with E-state index >= 15 is 0 Å². The molecule has 1 aromatic heterocycles. The van der Waals surface area contributed by atoms with Crippen molar-refractivity contribution in [2.75, 3.05) is 6.61 Å². The van der Waals surface area contributed by atoms with Crippen LogP contribution in [0.1, 0.15) is 17.3 Å². The Balaban J connectivity index is 2.03. The fourth-order valence-electron chi connectivity index (χ4n) is 1.51. The molecule has 5 heteroatoms. The highest BCUT2D eigenvalue weighted by molar-refractivity contribution is 5.33. The van der Waals surface area contributed by atoms with Crippen LogP contribution in [0.5, 0.6) is 5.75 Å². The molecule has 0 aliphatic rings. The lowest BCUT2D eigenvalue weighted by Crippen LogP contribution is -2.00. The second-order valence-electron chi connectivity index (χ2n) is 3.61. The van der Waals surface area contributed by atoms with Gasteiger partial charge in [0.1, 0.15) is 5.75 Å². The largest absolute Gasteiger partial charge is 0.483 e. The van der Waals surface area contributed by atoms with Gasteiger partial charge >= 0.3 is 0 Å². The number of aliphatic hydroxyl groups excluding tert-OH is 1. The van der Waals surface area contributed by atoms with Crippen molar-refractivity contribution >= 4 is 0 Å². The van der Waals surface area contributed by atoms with Gasteiger partial charge in [0.05, 0.1) is 0 Å². The molecule has 0 saturated heterocycles. The van der Waals surface area contributed by atoms with Gasteiger partial charge in [-0.2, -0.15) is 4.98 Å². The Morgan fingerprint density at radius 1 is 1.35 bits per heavy atom. The highest BCUT2D eigenvalue weighted by Gasteiger charge is 2.06. The predicted molar refractivity (Wildman–Crippen MR) is 60.6 cm³/mol. The summed E-state index contributed by atoms with van der Waals surface area (Å²) in [5, 5.41) is 12.6. The van der Waals surface area contributed by atoms with Gasteiger partial charge < -0.3 is 14.4 Å². The predicted octanol–water partition coefficient (Wildman–Crippen LogP) is 1.49. The van der Waals surface area contributed by atoms with Crippen molar-refractivity contribution in [3.63, 3.8) is 0 Å². The van der Waals surface area contributed by atoms with Gasteiger partial charge in [-0.1, -0.05) is 23.4 Å². The third kappa shape index (κ3) is 3.04. The summed E-state index contributed by atoms with van der Waals surface area (Å²) in [6, 6.07) is 7.57. The van der Waals surface area contributed by atoms with E-state index in [0.29, 0.717) is 18.1 Å². The van der Waals surface area contributed by atoms with E-state index in [4.69, 9.17) is 14.4 Å². The minimum atomic E-state index is 0.0973. The minimum Gasteiger partial charge on any atom is -0.483 e. The monoisotopic (exact) mass is 234 g/mol. The third-order valence-electron chi connectivity index (χ3n) is 2.27. The highest BCUT2D eigenvalue weighted by Crippen LogP contribution is 2.19. The van der Waals surface area contributed by atoms with E-state index in [1.165, 1.54) is 0 Å². The molecule has 0 spiro atoms. The van der Waals surface area contributed by atoms with Crippen molar-refractivity contribution in [1.29, 1.82) is 0 Å². The number of para-hydroxylation sites is 1. The highest BCUT2D eigenvalue weighted by atomic mass is 16.5. The van der Waals surface area contributed by atoms with E-state index in [1.54, 1.807) is 6.92 Å². The van der Waals surface area contributed by atoms with Gasteiger partial charge in [-0.15, -0.1) is 0 Å². The van der Waals surface area contributed by atoms with Crippen LogP contribution in [0.4, 0.5) is 0 Å². The number of hydrogen-bond donors (Lipinski definition) is 1. The molecule has 0 bridgehead atoms. The molecule has 90 valence electrons. The first kappa shape index (κ1) is 11.6. The SMILES string of the molecule is Cc1noc(COc2ccccc2CCO)n1. The Labute approximate surface area is 99.0 Å². The summed E-state index contributed by atoms with van der Waals surface area (Å²) in [4.78, 5) is 4.05.